The minimum Gasteiger partial charge on any atom is -0.494 e. The Labute approximate surface area is 289 Å². The van der Waals surface area contributed by atoms with Gasteiger partial charge in [0.15, 0.2) is 0 Å². The second-order valence-corrected chi connectivity index (χ2v) is 12.4. The van der Waals surface area contributed by atoms with E-state index in [1.54, 1.807) is 0 Å². The third kappa shape index (κ3) is 13.6. The fraction of sp³-hybridized carbons (Fsp3) is 0.583. The van der Waals surface area contributed by atoms with Crippen molar-refractivity contribution in [2.75, 3.05) is 65.5 Å². The Morgan fingerprint density at radius 2 is 1.22 bits per heavy atom. The van der Waals surface area contributed by atoms with Crippen molar-refractivity contribution < 1.29 is 44.3 Å². The third-order valence-corrected chi connectivity index (χ3v) is 8.72. The van der Waals surface area contributed by atoms with Crippen LogP contribution in [-0.2, 0) is 21.0 Å². The van der Waals surface area contributed by atoms with E-state index in [-0.39, 0.29) is 26.2 Å². The van der Waals surface area contributed by atoms with E-state index in [9.17, 15) is 34.8 Å². The van der Waals surface area contributed by atoms with Gasteiger partial charge in [0.25, 0.3) is 0 Å². The van der Waals surface area contributed by atoms with E-state index in [1.807, 2.05) is 59.5 Å². The minimum absolute atomic E-state index is 0.0755. The normalized spacial score (nSPS) is 16.2. The van der Waals surface area contributed by atoms with E-state index in [4.69, 9.17) is 9.47 Å². The number of β-amino-alcohol motifs (C(OH)–C–C–N with tert-alkyl or cyclic N) is 1. The Hall–Kier alpha value is -3.75. The highest BCUT2D eigenvalue weighted by atomic mass is 16.5. The molecule has 2 aromatic rings. The summed E-state index contributed by atoms with van der Waals surface area (Å²) in [5, 5.41) is 46.3. The number of hydrogen-bond acceptors (Lipinski definition) is 10. The first-order valence-corrected chi connectivity index (χ1v) is 17.4. The third-order valence-electron chi connectivity index (χ3n) is 8.72. The van der Waals surface area contributed by atoms with Gasteiger partial charge < -0.3 is 40.5 Å². The van der Waals surface area contributed by atoms with Gasteiger partial charge in [-0.1, -0.05) is 68.9 Å². The maximum absolute atomic E-state index is 12.0. The molecule has 0 saturated carbocycles. The Kier molecular flexibility index (Phi) is 17.9. The molecule has 1 fully saturated rings. The van der Waals surface area contributed by atoms with Crippen LogP contribution in [0.4, 0.5) is 0 Å². The van der Waals surface area contributed by atoms with Crippen LogP contribution in [0.15, 0.2) is 54.6 Å². The predicted molar refractivity (Wildman–Crippen MR) is 185 cm³/mol. The van der Waals surface area contributed by atoms with Crippen LogP contribution in [0.25, 0.3) is 0 Å². The van der Waals surface area contributed by atoms with Gasteiger partial charge in [-0.25, -0.2) is 14.4 Å². The van der Waals surface area contributed by atoms with Crippen molar-refractivity contribution in [1.82, 2.24) is 20.4 Å². The molecule has 3 rings (SSSR count). The molecule has 1 aliphatic rings. The Balaban J connectivity index is 1.30. The van der Waals surface area contributed by atoms with E-state index >= 15 is 0 Å². The number of benzene rings is 2. The second kappa shape index (κ2) is 22.1. The van der Waals surface area contributed by atoms with Crippen LogP contribution >= 0.6 is 0 Å². The number of carbonyl (C=O) groups is 3. The smallest absolute Gasteiger partial charge is 0.347 e. The van der Waals surface area contributed by atoms with Crippen LogP contribution < -0.4 is 20.1 Å². The number of ether oxygens (including phenoxy) is 2. The van der Waals surface area contributed by atoms with Gasteiger partial charge in [0, 0.05) is 58.9 Å². The molecular weight excluding hydrogens is 632 g/mol. The molecule has 0 aliphatic carbocycles. The highest BCUT2D eigenvalue weighted by molar-refractivity contribution is 6.21. The molecule has 1 aliphatic heterocycles. The van der Waals surface area contributed by atoms with E-state index in [2.05, 4.69) is 10.6 Å². The highest BCUT2D eigenvalue weighted by Crippen LogP contribution is 2.20. The van der Waals surface area contributed by atoms with Crippen molar-refractivity contribution in [2.24, 2.45) is 0 Å². The minimum atomic E-state index is -3.09. The zero-order valence-corrected chi connectivity index (χ0v) is 28.4. The molecule has 2 aromatic carbocycles. The van der Waals surface area contributed by atoms with Crippen molar-refractivity contribution in [3.8, 4) is 11.5 Å². The number of rotatable bonds is 20. The topological polar surface area (TPSA) is 181 Å². The monoisotopic (exact) mass is 686 g/mol. The summed E-state index contributed by atoms with van der Waals surface area (Å²) in [6.45, 7) is 4.17. The van der Waals surface area contributed by atoms with Gasteiger partial charge in [-0.05, 0) is 42.7 Å². The quantitative estimate of drug-likeness (QED) is 0.0885. The van der Waals surface area contributed by atoms with Crippen LogP contribution in [0, 0.1) is 0 Å². The SMILES string of the molecule is O=C(O)C(C(=O)O)(C(=O)O)N1CCNCCNCCN(CC(O)CCCCCCCCCOc2ccc(OCc3ccccc3)cc2)CC1. The van der Waals surface area contributed by atoms with E-state index < -0.39 is 29.6 Å². The molecule has 1 atom stereocenters. The molecular formula is C36H54N4O9. The number of hydrogen-bond donors (Lipinski definition) is 6. The van der Waals surface area contributed by atoms with Crippen molar-refractivity contribution in [3.63, 3.8) is 0 Å². The van der Waals surface area contributed by atoms with Crippen molar-refractivity contribution >= 4 is 17.9 Å². The molecule has 13 heteroatoms. The molecule has 0 amide bonds. The van der Waals surface area contributed by atoms with Crippen LogP contribution in [0.5, 0.6) is 11.5 Å². The molecule has 6 N–H and O–H groups in total. The van der Waals surface area contributed by atoms with E-state index in [0.29, 0.717) is 52.4 Å². The molecule has 0 aromatic heterocycles. The van der Waals surface area contributed by atoms with E-state index in [0.717, 1.165) is 66.9 Å². The van der Waals surface area contributed by atoms with Gasteiger partial charge in [0.2, 0.25) is 0 Å². The molecule has 0 bridgehead atoms. The molecule has 1 heterocycles. The fourth-order valence-electron chi connectivity index (χ4n) is 5.88. The molecule has 13 nitrogen and oxygen atoms in total. The second-order valence-electron chi connectivity index (χ2n) is 12.4. The largest absolute Gasteiger partial charge is 0.494 e. The summed E-state index contributed by atoms with van der Waals surface area (Å²) in [7, 11) is 0. The van der Waals surface area contributed by atoms with Crippen LogP contribution in [0.3, 0.4) is 0 Å². The van der Waals surface area contributed by atoms with E-state index in [1.165, 1.54) is 0 Å². The maximum atomic E-state index is 12.0. The molecule has 272 valence electrons. The van der Waals surface area contributed by atoms with Crippen molar-refractivity contribution in [2.45, 2.75) is 69.6 Å². The number of aliphatic hydroxyl groups is 1. The zero-order chi connectivity index (χ0) is 35.3. The van der Waals surface area contributed by atoms with Crippen LogP contribution in [0.1, 0.15) is 56.9 Å². The first-order valence-electron chi connectivity index (χ1n) is 17.4. The van der Waals surface area contributed by atoms with Gasteiger partial charge in [-0.15, -0.1) is 0 Å². The van der Waals surface area contributed by atoms with Crippen molar-refractivity contribution in [3.05, 3.63) is 60.2 Å². The number of unbranched alkanes of at least 4 members (excludes halogenated alkanes) is 6. The van der Waals surface area contributed by atoms with Crippen LogP contribution in [-0.4, -0.2) is 125 Å². The number of aliphatic carboxylic acids is 3. The van der Waals surface area contributed by atoms with Gasteiger partial charge in [-0.2, -0.15) is 0 Å². The Morgan fingerprint density at radius 1 is 0.673 bits per heavy atom. The molecule has 0 spiro atoms. The number of carboxylic acids is 3. The standard InChI is InChI=1S/C36H54N4O9/c41-30(27-39-22-20-37-18-19-38-21-23-40(25-24-39)36(33(42)43,34(44)45)35(46)47)13-9-4-2-1-3-5-10-26-48-31-14-16-32(17-15-31)49-28-29-11-7-6-8-12-29/h6-8,11-12,14-17,30,37-38,41H,1-5,9-10,13,18-28H2,(H,42,43)(H,44,45)(H,46,47). The summed E-state index contributed by atoms with van der Waals surface area (Å²) in [4.78, 5) is 39.0. The average Bonchev–Trinajstić information content (AvgIpc) is 3.07. The van der Waals surface area contributed by atoms with Gasteiger partial charge in [-0.3, -0.25) is 9.80 Å². The molecule has 49 heavy (non-hydrogen) atoms. The summed E-state index contributed by atoms with van der Waals surface area (Å²) in [5.41, 5.74) is -1.97. The lowest BCUT2D eigenvalue weighted by Gasteiger charge is -2.36. The van der Waals surface area contributed by atoms with Crippen LogP contribution in [0.2, 0.25) is 0 Å². The molecule has 1 unspecified atom stereocenters. The summed E-state index contributed by atoms with van der Waals surface area (Å²) < 4.78 is 11.7. The highest BCUT2D eigenvalue weighted by Gasteiger charge is 2.59. The number of aliphatic hydroxyl groups excluding tert-OH is 1. The summed E-state index contributed by atoms with van der Waals surface area (Å²) >= 11 is 0. The number of nitrogens with one attached hydrogen (secondary N) is 2. The average molecular weight is 687 g/mol. The summed E-state index contributed by atoms with van der Waals surface area (Å²) in [5.74, 6) is -4.17. The predicted octanol–water partition coefficient (Wildman–Crippen LogP) is 2.92. The lowest BCUT2D eigenvalue weighted by atomic mass is 9.97. The lowest BCUT2D eigenvalue weighted by molar-refractivity contribution is -0.179. The zero-order valence-electron chi connectivity index (χ0n) is 28.4. The van der Waals surface area contributed by atoms with Crippen molar-refractivity contribution in [1.29, 1.82) is 0 Å². The first kappa shape index (κ1) is 39.7. The number of carboxylic acid groups (broad SMARTS) is 3. The van der Waals surface area contributed by atoms with Gasteiger partial charge in [0.1, 0.15) is 18.1 Å². The molecule has 1 saturated heterocycles. The Morgan fingerprint density at radius 3 is 1.84 bits per heavy atom. The summed E-state index contributed by atoms with van der Waals surface area (Å²) in [6, 6.07) is 17.8. The maximum Gasteiger partial charge on any atom is 0.347 e. The first-order chi connectivity index (χ1) is 23.7. The number of nitrogens with zero attached hydrogens (tertiary/aromatic N) is 2. The Bertz CT molecular complexity index is 1210. The molecule has 0 radical (unpaired) electrons. The van der Waals surface area contributed by atoms with Gasteiger partial charge >= 0.3 is 23.4 Å². The summed E-state index contributed by atoms with van der Waals surface area (Å²) in [6.07, 6.45) is 7.28. The van der Waals surface area contributed by atoms with Gasteiger partial charge in [0.05, 0.1) is 12.7 Å². The fourth-order valence-corrected chi connectivity index (χ4v) is 5.88. The lowest BCUT2D eigenvalue weighted by Crippen LogP contribution is -2.67.